The van der Waals surface area contributed by atoms with Crippen molar-refractivity contribution in [3.05, 3.63) is 35.8 Å². The van der Waals surface area contributed by atoms with E-state index in [1.807, 2.05) is 13.8 Å². The van der Waals surface area contributed by atoms with Gasteiger partial charge >= 0.3 is 11.6 Å². The van der Waals surface area contributed by atoms with E-state index in [1.54, 1.807) is 24.5 Å². The Labute approximate surface area is 116 Å². The summed E-state index contributed by atoms with van der Waals surface area (Å²) in [7, 11) is 0. The van der Waals surface area contributed by atoms with E-state index in [-0.39, 0.29) is 11.9 Å². The topological polar surface area (TPSA) is 98.5 Å². The first kappa shape index (κ1) is 14.1. The summed E-state index contributed by atoms with van der Waals surface area (Å²) < 4.78 is 6.56. The van der Waals surface area contributed by atoms with Crippen LogP contribution in [-0.2, 0) is 0 Å². The Kier molecular flexibility index (Phi) is 4.09. The molecule has 0 aliphatic rings. The molecular weight excluding hydrogens is 260 g/mol. The number of aliphatic hydroxyl groups excluding tert-OH is 1. The summed E-state index contributed by atoms with van der Waals surface area (Å²) >= 11 is 0. The van der Waals surface area contributed by atoms with Crippen LogP contribution in [0.25, 0.3) is 0 Å². The number of aliphatic hydroxyl groups is 1. The molecule has 0 spiro atoms. The van der Waals surface area contributed by atoms with E-state index in [2.05, 4.69) is 15.2 Å². The molecule has 1 unspecified atom stereocenters. The summed E-state index contributed by atoms with van der Waals surface area (Å²) in [5.74, 6) is -0.403. The zero-order valence-corrected chi connectivity index (χ0v) is 11.5. The standard InChI is InChI=1S/C13H16N4O3/c1-8(2)17-11(13(20-16-17)15-9(3)18)12(19)10-5-4-6-14-7-10/h4-8,12,19H,1-3H3. The largest absolute Gasteiger partial charge is 0.862 e. The van der Waals surface area contributed by atoms with Crippen LogP contribution in [0.15, 0.2) is 34.0 Å². The lowest BCUT2D eigenvalue weighted by atomic mass is 10.1. The van der Waals surface area contributed by atoms with Crippen molar-refractivity contribution in [2.24, 2.45) is 4.99 Å². The Morgan fingerprint density at radius 2 is 2.25 bits per heavy atom. The third-order valence-corrected chi connectivity index (χ3v) is 2.69. The Hall–Kier alpha value is -2.28. The molecule has 0 fully saturated rings. The van der Waals surface area contributed by atoms with Crippen LogP contribution in [0.3, 0.4) is 0 Å². The predicted octanol–water partition coefficient (Wildman–Crippen LogP) is 0.430. The van der Waals surface area contributed by atoms with Crippen LogP contribution in [0.5, 0.6) is 0 Å². The van der Waals surface area contributed by atoms with Crippen molar-refractivity contribution in [3.63, 3.8) is 0 Å². The molecule has 0 aromatic carbocycles. The maximum Gasteiger partial charge on any atom is 0.326 e. The molecule has 1 N–H and O–H groups in total. The molecule has 0 saturated heterocycles. The van der Waals surface area contributed by atoms with Crippen LogP contribution in [0.4, 0.5) is 5.88 Å². The van der Waals surface area contributed by atoms with Gasteiger partial charge in [0, 0.05) is 31.8 Å². The lowest BCUT2D eigenvalue weighted by Crippen LogP contribution is -2.42. The van der Waals surface area contributed by atoms with Gasteiger partial charge < -0.3 is 10.2 Å². The minimum Gasteiger partial charge on any atom is -0.862 e. The first-order valence-electron chi connectivity index (χ1n) is 6.22. The summed E-state index contributed by atoms with van der Waals surface area (Å²) in [5, 5.41) is 25.4. The van der Waals surface area contributed by atoms with Crippen LogP contribution in [0.1, 0.15) is 44.2 Å². The fourth-order valence-electron chi connectivity index (χ4n) is 1.80. The van der Waals surface area contributed by atoms with Crippen LogP contribution in [-0.4, -0.2) is 21.3 Å². The second kappa shape index (κ2) is 5.79. The van der Waals surface area contributed by atoms with Crippen LogP contribution in [0.2, 0.25) is 0 Å². The molecule has 0 radical (unpaired) electrons. The highest BCUT2D eigenvalue weighted by molar-refractivity contribution is 5.71. The number of rotatable bonds is 4. The minimum atomic E-state index is -1.02. The number of pyridine rings is 1. The smallest absolute Gasteiger partial charge is 0.326 e. The van der Waals surface area contributed by atoms with Gasteiger partial charge in [-0.15, -0.1) is 0 Å². The lowest BCUT2D eigenvalue weighted by molar-refractivity contribution is -0.787. The zero-order valence-electron chi connectivity index (χ0n) is 11.5. The van der Waals surface area contributed by atoms with Gasteiger partial charge in [-0.3, -0.25) is 9.51 Å². The predicted molar refractivity (Wildman–Crippen MR) is 68.2 cm³/mol. The average Bonchev–Trinajstić information content (AvgIpc) is 2.82. The van der Waals surface area contributed by atoms with Crippen molar-refractivity contribution in [1.29, 1.82) is 0 Å². The van der Waals surface area contributed by atoms with Gasteiger partial charge in [0.2, 0.25) is 5.27 Å². The Morgan fingerprint density at radius 3 is 2.80 bits per heavy atom. The molecule has 7 nitrogen and oxygen atoms in total. The fraction of sp³-hybridized carbons (Fsp3) is 0.385. The van der Waals surface area contributed by atoms with Gasteiger partial charge in [-0.1, -0.05) is 6.07 Å². The number of hydrogen-bond donors (Lipinski definition) is 1. The fourth-order valence-corrected chi connectivity index (χ4v) is 1.80. The summed E-state index contributed by atoms with van der Waals surface area (Å²) in [6, 6.07) is 3.40. The maximum absolute atomic E-state index is 11.1. The molecule has 0 bridgehead atoms. The lowest BCUT2D eigenvalue weighted by Gasteiger charge is -2.07. The highest BCUT2D eigenvalue weighted by atomic mass is 16.5. The Morgan fingerprint density at radius 1 is 1.50 bits per heavy atom. The van der Waals surface area contributed by atoms with Crippen LogP contribution >= 0.6 is 0 Å². The molecule has 0 aliphatic heterocycles. The molecule has 2 rings (SSSR count). The van der Waals surface area contributed by atoms with E-state index in [0.717, 1.165) is 0 Å². The summed E-state index contributed by atoms with van der Waals surface area (Å²) in [4.78, 5) is 7.70. The molecule has 20 heavy (non-hydrogen) atoms. The second-order valence-electron chi connectivity index (χ2n) is 4.62. The van der Waals surface area contributed by atoms with Crippen LogP contribution in [0, 0.1) is 0 Å². The van der Waals surface area contributed by atoms with Gasteiger partial charge in [0.1, 0.15) is 0 Å². The van der Waals surface area contributed by atoms with Crippen molar-refractivity contribution in [2.75, 3.05) is 0 Å². The Balaban J connectivity index is 2.53. The molecule has 0 saturated carbocycles. The monoisotopic (exact) mass is 276 g/mol. The molecular formula is C13H16N4O3. The van der Waals surface area contributed by atoms with Crippen molar-refractivity contribution in [3.8, 4) is 0 Å². The number of aromatic nitrogens is 3. The van der Waals surface area contributed by atoms with Crippen molar-refractivity contribution < 1.29 is 19.4 Å². The van der Waals surface area contributed by atoms with Gasteiger partial charge in [-0.25, -0.2) is 4.99 Å². The highest BCUT2D eigenvalue weighted by Crippen LogP contribution is 2.27. The van der Waals surface area contributed by atoms with E-state index >= 15 is 0 Å². The number of nitrogens with zero attached hydrogens (tertiary/aromatic N) is 4. The van der Waals surface area contributed by atoms with Crippen molar-refractivity contribution in [2.45, 2.75) is 32.9 Å². The molecule has 2 aromatic heterocycles. The molecule has 2 aromatic rings. The number of hydrogen-bond acceptors (Lipinski definition) is 6. The molecule has 0 amide bonds. The van der Waals surface area contributed by atoms with Crippen molar-refractivity contribution in [1.82, 2.24) is 10.3 Å². The molecule has 7 heteroatoms. The number of aliphatic imine (C=N–C) groups is 1. The molecule has 2 heterocycles. The van der Waals surface area contributed by atoms with E-state index in [4.69, 9.17) is 4.52 Å². The summed E-state index contributed by atoms with van der Waals surface area (Å²) in [6.45, 7) is 5.08. The summed E-state index contributed by atoms with van der Waals surface area (Å²) in [6.07, 6.45) is 2.14. The Bertz CT molecular complexity index is 603. The quantitative estimate of drug-likeness (QED) is 0.496. The van der Waals surface area contributed by atoms with Gasteiger partial charge in [0.25, 0.3) is 0 Å². The van der Waals surface area contributed by atoms with Crippen molar-refractivity contribution >= 4 is 11.8 Å². The molecule has 0 aliphatic carbocycles. The molecule has 1 atom stereocenters. The SMILES string of the molecule is C/C([O-])=N/c1on[n+](C(C)C)c1C(O)c1cccnc1. The summed E-state index contributed by atoms with van der Waals surface area (Å²) in [5.41, 5.74) is 0.910. The highest BCUT2D eigenvalue weighted by Gasteiger charge is 2.34. The van der Waals surface area contributed by atoms with E-state index in [0.29, 0.717) is 11.3 Å². The van der Waals surface area contributed by atoms with Gasteiger partial charge in [-0.2, -0.15) is 0 Å². The zero-order chi connectivity index (χ0) is 14.7. The third kappa shape index (κ3) is 2.83. The normalized spacial score (nSPS) is 13.8. The second-order valence-corrected chi connectivity index (χ2v) is 4.62. The van der Waals surface area contributed by atoms with E-state index in [1.165, 1.54) is 11.6 Å². The van der Waals surface area contributed by atoms with E-state index < -0.39 is 12.0 Å². The third-order valence-electron chi connectivity index (χ3n) is 2.69. The first-order valence-corrected chi connectivity index (χ1v) is 6.22. The van der Waals surface area contributed by atoms with E-state index in [9.17, 15) is 10.2 Å². The maximum atomic E-state index is 11.1. The minimum absolute atomic E-state index is 0.0163. The van der Waals surface area contributed by atoms with Gasteiger partial charge in [0.15, 0.2) is 12.1 Å². The molecule has 106 valence electrons. The van der Waals surface area contributed by atoms with Gasteiger partial charge in [-0.05, 0) is 23.6 Å². The van der Waals surface area contributed by atoms with Crippen LogP contribution < -0.4 is 9.79 Å². The van der Waals surface area contributed by atoms with Gasteiger partial charge in [0.05, 0.1) is 0 Å². The average molecular weight is 276 g/mol. The first-order chi connectivity index (χ1) is 9.50.